The number of carbonyl (C=O) groups is 1. The molecule has 5 nitrogen and oxygen atoms in total. The van der Waals surface area contributed by atoms with E-state index in [2.05, 4.69) is 23.4 Å². The summed E-state index contributed by atoms with van der Waals surface area (Å²) in [5, 5.41) is 4.25. The Bertz CT molecular complexity index is 724. The van der Waals surface area contributed by atoms with E-state index >= 15 is 0 Å². The van der Waals surface area contributed by atoms with Crippen molar-refractivity contribution in [1.82, 2.24) is 15.3 Å². The van der Waals surface area contributed by atoms with Crippen molar-refractivity contribution in [1.29, 1.82) is 0 Å². The molecule has 0 bridgehead atoms. The lowest BCUT2D eigenvalue weighted by atomic mass is 9.97. The Morgan fingerprint density at radius 1 is 1.08 bits per heavy atom. The van der Waals surface area contributed by atoms with Crippen LogP contribution in [-0.4, -0.2) is 56.2 Å². The summed E-state index contributed by atoms with van der Waals surface area (Å²) in [6.45, 7) is 5.65. The molecule has 1 amide bonds. The van der Waals surface area contributed by atoms with Crippen LogP contribution in [-0.2, 0) is 4.79 Å². The number of hydrogen-bond donors (Lipinski definition) is 1. The minimum Gasteiger partial charge on any atom is -0.497 e. The molecule has 0 unspecified atom stereocenters. The van der Waals surface area contributed by atoms with Gasteiger partial charge in [-0.1, -0.05) is 24.3 Å². The lowest BCUT2D eigenvalue weighted by Crippen LogP contribution is -2.53. The highest BCUT2D eigenvalue weighted by Gasteiger charge is 2.20. The highest BCUT2D eigenvalue weighted by molar-refractivity contribution is 5.88. The molecule has 1 saturated heterocycles. The molecule has 0 saturated carbocycles. The first kappa shape index (κ1) is 16.7. The number of rotatable bonds is 4. The Morgan fingerprint density at radius 2 is 1.75 bits per heavy atom. The zero-order valence-electron chi connectivity index (χ0n) is 14.6. The second-order valence-electron chi connectivity index (χ2n) is 6.46. The van der Waals surface area contributed by atoms with E-state index in [-0.39, 0.29) is 11.8 Å². The van der Waals surface area contributed by atoms with Gasteiger partial charge in [0.05, 0.1) is 13.0 Å². The summed E-state index contributed by atoms with van der Waals surface area (Å²) in [6, 6.07) is 12.1. The molecule has 1 heterocycles. The number of hydrazine groups is 1. The van der Waals surface area contributed by atoms with Crippen molar-refractivity contribution >= 4 is 16.7 Å². The minimum atomic E-state index is -0.184. The summed E-state index contributed by atoms with van der Waals surface area (Å²) in [5.41, 5.74) is 4.08. The van der Waals surface area contributed by atoms with Gasteiger partial charge in [-0.15, -0.1) is 0 Å². The van der Waals surface area contributed by atoms with Gasteiger partial charge in [0, 0.05) is 26.2 Å². The molecule has 1 aliphatic rings. The predicted molar refractivity (Wildman–Crippen MR) is 96.1 cm³/mol. The van der Waals surface area contributed by atoms with E-state index in [0.717, 1.165) is 48.3 Å². The van der Waals surface area contributed by atoms with Gasteiger partial charge in [-0.2, -0.15) is 0 Å². The summed E-state index contributed by atoms with van der Waals surface area (Å²) >= 11 is 0. The Kier molecular flexibility index (Phi) is 5.02. The first-order valence-corrected chi connectivity index (χ1v) is 8.38. The highest BCUT2D eigenvalue weighted by Crippen LogP contribution is 2.25. The lowest BCUT2D eigenvalue weighted by Gasteiger charge is -2.33. The van der Waals surface area contributed by atoms with E-state index in [0.29, 0.717) is 0 Å². The fourth-order valence-corrected chi connectivity index (χ4v) is 2.96. The second-order valence-corrected chi connectivity index (χ2v) is 6.46. The van der Waals surface area contributed by atoms with E-state index < -0.39 is 0 Å². The van der Waals surface area contributed by atoms with Crippen LogP contribution in [0.4, 0.5) is 0 Å². The Hall–Kier alpha value is -2.11. The predicted octanol–water partition coefficient (Wildman–Crippen LogP) is 2.23. The van der Waals surface area contributed by atoms with Crippen molar-refractivity contribution in [3.05, 3.63) is 42.0 Å². The second kappa shape index (κ2) is 7.20. The van der Waals surface area contributed by atoms with Crippen molar-refractivity contribution < 1.29 is 9.53 Å². The first-order chi connectivity index (χ1) is 11.6. The molecule has 0 spiro atoms. The summed E-state index contributed by atoms with van der Waals surface area (Å²) < 4.78 is 5.26. The lowest BCUT2D eigenvalue weighted by molar-refractivity contribution is -0.127. The smallest absolute Gasteiger partial charge is 0.241 e. The van der Waals surface area contributed by atoms with Gasteiger partial charge in [0.15, 0.2) is 0 Å². The zero-order chi connectivity index (χ0) is 17.1. The number of likely N-dealkylation sites (N-methyl/N-ethyl adjacent to an activating group) is 1. The molecule has 3 rings (SSSR count). The van der Waals surface area contributed by atoms with Gasteiger partial charge < -0.3 is 9.64 Å². The molecule has 5 heteroatoms. The number of ether oxygens (including phenoxy) is 1. The number of methoxy groups -OCH3 is 1. The number of benzene rings is 2. The third-order valence-corrected chi connectivity index (χ3v) is 4.74. The van der Waals surface area contributed by atoms with Crippen molar-refractivity contribution in [2.45, 2.75) is 12.8 Å². The molecule has 0 aromatic heterocycles. The van der Waals surface area contributed by atoms with Crippen LogP contribution in [0, 0.1) is 0 Å². The molecule has 1 aliphatic heterocycles. The number of carbonyl (C=O) groups excluding carboxylic acids is 1. The Morgan fingerprint density at radius 3 is 2.46 bits per heavy atom. The maximum absolute atomic E-state index is 12.5. The molecule has 2 aromatic rings. The van der Waals surface area contributed by atoms with Crippen LogP contribution in [0.3, 0.4) is 0 Å². The highest BCUT2D eigenvalue weighted by atomic mass is 16.5. The third-order valence-electron chi connectivity index (χ3n) is 4.74. The van der Waals surface area contributed by atoms with Crippen LogP contribution in [0.2, 0.25) is 0 Å². The van der Waals surface area contributed by atoms with Gasteiger partial charge in [0.25, 0.3) is 0 Å². The summed E-state index contributed by atoms with van der Waals surface area (Å²) in [6.07, 6.45) is 0. The van der Waals surface area contributed by atoms with Gasteiger partial charge in [0.1, 0.15) is 5.75 Å². The molecule has 2 aromatic carbocycles. The molecule has 1 fully saturated rings. The molecule has 24 heavy (non-hydrogen) atoms. The fraction of sp³-hybridized carbons (Fsp3) is 0.421. The normalized spacial score (nSPS) is 17.6. The molecule has 1 N–H and O–H groups in total. The van der Waals surface area contributed by atoms with Crippen molar-refractivity contribution in [2.75, 3.05) is 40.3 Å². The molecule has 1 atom stereocenters. The van der Waals surface area contributed by atoms with Crippen LogP contribution in [0.1, 0.15) is 18.4 Å². The van der Waals surface area contributed by atoms with Crippen LogP contribution in [0.5, 0.6) is 5.75 Å². The van der Waals surface area contributed by atoms with Crippen LogP contribution in [0.25, 0.3) is 10.8 Å². The van der Waals surface area contributed by atoms with E-state index in [4.69, 9.17) is 4.74 Å². The molecular weight excluding hydrogens is 302 g/mol. The number of nitrogens with zero attached hydrogens (tertiary/aromatic N) is 2. The topological polar surface area (TPSA) is 44.8 Å². The summed E-state index contributed by atoms with van der Waals surface area (Å²) in [7, 11) is 3.77. The molecule has 128 valence electrons. The van der Waals surface area contributed by atoms with Crippen LogP contribution >= 0.6 is 0 Å². The van der Waals surface area contributed by atoms with Crippen LogP contribution in [0.15, 0.2) is 36.4 Å². The van der Waals surface area contributed by atoms with Crippen molar-refractivity contribution in [3.8, 4) is 5.75 Å². The summed E-state index contributed by atoms with van der Waals surface area (Å²) in [5.74, 6) is 0.708. The quantitative estimate of drug-likeness (QED) is 0.935. The van der Waals surface area contributed by atoms with E-state index in [1.807, 2.05) is 42.3 Å². The zero-order valence-corrected chi connectivity index (χ0v) is 14.6. The maximum Gasteiger partial charge on any atom is 0.241 e. The van der Waals surface area contributed by atoms with Gasteiger partial charge in [-0.3, -0.25) is 10.2 Å². The minimum absolute atomic E-state index is 0.0485. The molecule has 0 radical (unpaired) electrons. The number of amides is 1. The third kappa shape index (κ3) is 3.68. The van der Waals surface area contributed by atoms with E-state index in [1.54, 1.807) is 7.11 Å². The number of piperazine rings is 1. The number of fused-ring (bicyclic) bond motifs is 1. The van der Waals surface area contributed by atoms with E-state index in [1.165, 1.54) is 0 Å². The van der Waals surface area contributed by atoms with Crippen molar-refractivity contribution in [3.63, 3.8) is 0 Å². The molecular formula is C19H25N3O2. The first-order valence-electron chi connectivity index (χ1n) is 8.38. The Labute approximate surface area is 143 Å². The SMILES string of the molecule is COc1ccc2cc([C@H](C)C(=O)NN3CCN(C)CC3)ccc2c1. The monoisotopic (exact) mass is 327 g/mol. The largest absolute Gasteiger partial charge is 0.497 e. The van der Waals surface area contributed by atoms with Crippen molar-refractivity contribution in [2.24, 2.45) is 0 Å². The van der Waals surface area contributed by atoms with Gasteiger partial charge in [-0.05, 0) is 42.4 Å². The average Bonchev–Trinajstić information content (AvgIpc) is 2.62. The molecule has 0 aliphatic carbocycles. The number of nitrogens with one attached hydrogen (secondary N) is 1. The average molecular weight is 327 g/mol. The summed E-state index contributed by atoms with van der Waals surface area (Å²) in [4.78, 5) is 14.8. The van der Waals surface area contributed by atoms with Gasteiger partial charge in [0.2, 0.25) is 5.91 Å². The van der Waals surface area contributed by atoms with Gasteiger partial charge in [-0.25, -0.2) is 5.01 Å². The van der Waals surface area contributed by atoms with Crippen LogP contribution < -0.4 is 10.2 Å². The maximum atomic E-state index is 12.5. The fourth-order valence-electron chi connectivity index (χ4n) is 2.96. The van der Waals surface area contributed by atoms with E-state index in [9.17, 15) is 4.79 Å². The standard InChI is InChI=1S/C19H25N3O2/c1-14(19(23)20-22-10-8-21(2)9-11-22)15-4-5-17-13-18(24-3)7-6-16(17)12-15/h4-7,12-14H,8-11H2,1-3H3,(H,20,23)/t14-/m0/s1. The number of hydrogen-bond acceptors (Lipinski definition) is 4. The Balaban J connectivity index is 1.70. The van der Waals surface area contributed by atoms with Gasteiger partial charge >= 0.3 is 0 Å².